The Morgan fingerprint density at radius 3 is 2.46 bits per heavy atom. The summed E-state index contributed by atoms with van der Waals surface area (Å²) in [6.45, 7) is 8.02. The fourth-order valence-electron chi connectivity index (χ4n) is 4.21. The van der Waals surface area contributed by atoms with Gasteiger partial charge < -0.3 is 24.1 Å². The zero-order valence-corrected chi connectivity index (χ0v) is 20.7. The lowest BCUT2D eigenvalue weighted by molar-refractivity contribution is -0.149. The molecule has 7 heteroatoms. The molecule has 0 saturated carbocycles. The van der Waals surface area contributed by atoms with E-state index in [1.807, 2.05) is 12.1 Å². The Balaban J connectivity index is 1.64. The predicted octanol–water partition coefficient (Wildman–Crippen LogP) is 4.99. The molecule has 3 rings (SSSR count). The lowest BCUT2D eigenvalue weighted by Crippen LogP contribution is -2.32. The first-order valence-corrected chi connectivity index (χ1v) is 12.0. The normalized spacial score (nSPS) is 14.4. The molecule has 1 N–H and O–H groups in total. The van der Waals surface area contributed by atoms with Gasteiger partial charge in [-0.3, -0.25) is 4.79 Å². The Bertz CT molecular complexity index is 1070. The predicted molar refractivity (Wildman–Crippen MR) is 133 cm³/mol. The number of fused-ring (bicyclic) bond motifs is 1. The van der Waals surface area contributed by atoms with E-state index in [-0.39, 0.29) is 23.1 Å². The lowest BCUT2D eigenvalue weighted by Gasteiger charge is -2.27. The van der Waals surface area contributed by atoms with Gasteiger partial charge in [0.1, 0.15) is 23.0 Å². The number of hydrogen-bond acceptors (Lipinski definition) is 7. The van der Waals surface area contributed by atoms with Crippen LogP contribution in [0.4, 0.5) is 0 Å². The van der Waals surface area contributed by atoms with E-state index in [2.05, 4.69) is 13.5 Å². The molecule has 7 nitrogen and oxygen atoms in total. The number of carbonyl (C=O) groups excluding carboxylic acids is 2. The van der Waals surface area contributed by atoms with Crippen LogP contribution in [0.5, 0.6) is 23.0 Å². The van der Waals surface area contributed by atoms with E-state index in [9.17, 15) is 14.7 Å². The van der Waals surface area contributed by atoms with Gasteiger partial charge in [-0.25, -0.2) is 4.79 Å². The number of hydrogen-bond donors (Lipinski definition) is 1. The maximum atomic E-state index is 12.0. The van der Waals surface area contributed by atoms with E-state index in [4.69, 9.17) is 18.9 Å². The number of Topliss-reactive ketones (excluding diaryl/α,β-unsaturated/α-hetero) is 1. The van der Waals surface area contributed by atoms with Crippen molar-refractivity contribution < 1.29 is 33.6 Å². The number of rotatable bonds is 12. The van der Waals surface area contributed by atoms with Gasteiger partial charge in [-0.2, -0.15) is 0 Å². The zero-order chi connectivity index (χ0) is 25.4. The summed E-state index contributed by atoms with van der Waals surface area (Å²) in [5.74, 6) is 1.37. The molecule has 1 aliphatic heterocycles. The van der Waals surface area contributed by atoms with Crippen LogP contribution >= 0.6 is 0 Å². The summed E-state index contributed by atoms with van der Waals surface area (Å²) in [6, 6.07) is 7.23. The summed E-state index contributed by atoms with van der Waals surface area (Å²) < 4.78 is 22.9. The molecule has 0 aliphatic carbocycles. The molecule has 188 valence electrons. The van der Waals surface area contributed by atoms with Crippen molar-refractivity contribution in [3.05, 3.63) is 59.2 Å². The smallest absolute Gasteiger partial charge is 0.347 e. The van der Waals surface area contributed by atoms with Gasteiger partial charge >= 0.3 is 5.97 Å². The van der Waals surface area contributed by atoms with Crippen LogP contribution in [0.2, 0.25) is 0 Å². The summed E-state index contributed by atoms with van der Waals surface area (Å²) >= 11 is 0. The van der Waals surface area contributed by atoms with Gasteiger partial charge in [0.15, 0.2) is 11.9 Å². The summed E-state index contributed by atoms with van der Waals surface area (Å²) in [6.07, 6.45) is 5.10. The number of methoxy groups -OCH3 is 1. The van der Waals surface area contributed by atoms with Gasteiger partial charge in [0.05, 0.1) is 25.9 Å². The Hall–Kier alpha value is -3.48. The molecule has 0 fully saturated rings. The summed E-state index contributed by atoms with van der Waals surface area (Å²) in [4.78, 5) is 23.7. The SMILES string of the molecule is C=CCc1c(OCCCOc2ccc3c(c2CCC)OC(C(=O)OC)CC3)ccc(C(C)=O)c1O. The third-order valence-corrected chi connectivity index (χ3v) is 5.97. The van der Waals surface area contributed by atoms with Crippen LogP contribution in [-0.2, 0) is 28.8 Å². The van der Waals surface area contributed by atoms with Crippen LogP contribution < -0.4 is 14.2 Å². The van der Waals surface area contributed by atoms with Crippen LogP contribution in [0.25, 0.3) is 0 Å². The van der Waals surface area contributed by atoms with Crippen molar-refractivity contribution in [2.24, 2.45) is 0 Å². The van der Waals surface area contributed by atoms with Crippen molar-refractivity contribution in [2.45, 2.75) is 58.5 Å². The van der Waals surface area contributed by atoms with Gasteiger partial charge in [0, 0.05) is 17.5 Å². The maximum absolute atomic E-state index is 12.0. The maximum Gasteiger partial charge on any atom is 0.347 e. The Morgan fingerprint density at radius 2 is 1.83 bits per heavy atom. The van der Waals surface area contributed by atoms with Crippen LogP contribution in [0, 0.1) is 0 Å². The highest BCUT2D eigenvalue weighted by Crippen LogP contribution is 2.38. The number of esters is 1. The topological polar surface area (TPSA) is 91.3 Å². The minimum Gasteiger partial charge on any atom is -0.507 e. The van der Waals surface area contributed by atoms with Gasteiger partial charge in [-0.15, -0.1) is 6.58 Å². The average molecular weight is 483 g/mol. The third kappa shape index (κ3) is 6.15. The zero-order valence-electron chi connectivity index (χ0n) is 20.7. The number of aromatic hydroxyl groups is 1. The highest BCUT2D eigenvalue weighted by Gasteiger charge is 2.29. The third-order valence-electron chi connectivity index (χ3n) is 5.97. The van der Waals surface area contributed by atoms with Crippen molar-refractivity contribution in [2.75, 3.05) is 20.3 Å². The monoisotopic (exact) mass is 482 g/mol. The minimum atomic E-state index is -0.595. The molecule has 0 amide bonds. The fourth-order valence-corrected chi connectivity index (χ4v) is 4.21. The number of phenols is 1. The summed E-state index contributed by atoms with van der Waals surface area (Å²) in [5.41, 5.74) is 2.86. The number of allylic oxidation sites excluding steroid dienone is 1. The molecule has 0 radical (unpaired) electrons. The Morgan fingerprint density at radius 1 is 1.14 bits per heavy atom. The first kappa shape index (κ1) is 26.1. The van der Waals surface area contributed by atoms with Crippen molar-refractivity contribution in [1.82, 2.24) is 0 Å². The molecule has 0 bridgehead atoms. The van der Waals surface area contributed by atoms with E-state index in [0.29, 0.717) is 43.8 Å². The van der Waals surface area contributed by atoms with Crippen LogP contribution in [0.15, 0.2) is 36.9 Å². The second-order valence-corrected chi connectivity index (χ2v) is 8.49. The number of phenolic OH excluding ortho intramolecular Hbond substituents is 1. The van der Waals surface area contributed by atoms with E-state index >= 15 is 0 Å². The van der Waals surface area contributed by atoms with Gasteiger partial charge in [0.2, 0.25) is 0 Å². The molecule has 1 aliphatic rings. The number of ether oxygens (including phenoxy) is 4. The number of ketones is 1. The van der Waals surface area contributed by atoms with Gasteiger partial charge in [0.25, 0.3) is 0 Å². The average Bonchev–Trinajstić information content (AvgIpc) is 2.85. The number of benzene rings is 2. The van der Waals surface area contributed by atoms with Crippen molar-refractivity contribution in [1.29, 1.82) is 0 Å². The van der Waals surface area contributed by atoms with Crippen LogP contribution in [0.3, 0.4) is 0 Å². The standard InChI is InChI=1S/C28H34O7/c1-5-8-21-23(15-12-20(18(3)29)26(21)30)33-16-7-17-34-24-13-10-19-11-14-25(28(31)32-4)35-27(19)22(24)9-6-2/h5,10,12-13,15,25,30H,1,6-9,11,14,16-17H2,2-4H3. The quantitative estimate of drug-likeness (QED) is 0.197. The molecular formula is C28H34O7. The van der Waals surface area contributed by atoms with Crippen LogP contribution in [0.1, 0.15) is 60.2 Å². The molecule has 1 unspecified atom stereocenters. The minimum absolute atomic E-state index is 0.0605. The molecule has 1 atom stereocenters. The van der Waals surface area contributed by atoms with Crippen LogP contribution in [-0.4, -0.2) is 43.3 Å². The molecule has 2 aromatic carbocycles. The molecule has 0 aromatic heterocycles. The molecule has 35 heavy (non-hydrogen) atoms. The molecule has 0 spiro atoms. The second-order valence-electron chi connectivity index (χ2n) is 8.49. The lowest BCUT2D eigenvalue weighted by atomic mass is 9.96. The van der Waals surface area contributed by atoms with Crippen molar-refractivity contribution >= 4 is 11.8 Å². The first-order valence-electron chi connectivity index (χ1n) is 12.0. The van der Waals surface area contributed by atoms with Gasteiger partial charge in [-0.05, 0) is 56.4 Å². The van der Waals surface area contributed by atoms with Crippen molar-refractivity contribution in [3.63, 3.8) is 0 Å². The molecule has 1 heterocycles. The molecule has 2 aromatic rings. The van der Waals surface area contributed by atoms with E-state index in [1.165, 1.54) is 14.0 Å². The van der Waals surface area contributed by atoms with E-state index in [1.54, 1.807) is 18.2 Å². The Kier molecular flexibility index (Phi) is 9.18. The number of carbonyl (C=O) groups is 2. The fraction of sp³-hybridized carbons (Fsp3) is 0.429. The molecule has 0 saturated heterocycles. The summed E-state index contributed by atoms with van der Waals surface area (Å²) in [5, 5.41) is 10.5. The highest BCUT2D eigenvalue weighted by molar-refractivity contribution is 5.97. The number of aryl methyl sites for hydroxylation is 1. The van der Waals surface area contributed by atoms with E-state index < -0.39 is 6.10 Å². The summed E-state index contributed by atoms with van der Waals surface area (Å²) in [7, 11) is 1.37. The largest absolute Gasteiger partial charge is 0.507 e. The van der Waals surface area contributed by atoms with Gasteiger partial charge in [-0.1, -0.05) is 25.5 Å². The highest BCUT2D eigenvalue weighted by atomic mass is 16.6. The molecular weight excluding hydrogens is 448 g/mol. The first-order chi connectivity index (χ1) is 16.9. The van der Waals surface area contributed by atoms with E-state index in [0.717, 1.165) is 41.9 Å². The van der Waals surface area contributed by atoms with Crippen molar-refractivity contribution in [3.8, 4) is 23.0 Å². The second kappa shape index (κ2) is 12.3. The Labute approximate surface area is 206 Å².